The van der Waals surface area contributed by atoms with E-state index in [1.807, 2.05) is 5.38 Å². The number of thiazole rings is 1. The summed E-state index contributed by atoms with van der Waals surface area (Å²) in [6.45, 7) is 5.24. The van der Waals surface area contributed by atoms with Crippen molar-refractivity contribution >= 4 is 32.4 Å². The lowest BCUT2D eigenvalue weighted by Gasteiger charge is -2.13. The molecule has 13 heavy (non-hydrogen) atoms. The molecule has 0 bridgehead atoms. The fourth-order valence-electron chi connectivity index (χ4n) is 0.847. The summed E-state index contributed by atoms with van der Waals surface area (Å²) in [5, 5.41) is 6.23. The highest BCUT2D eigenvalue weighted by Crippen LogP contribution is 2.18. The highest BCUT2D eigenvalue weighted by molar-refractivity contribution is 9.10. The molecule has 0 radical (unpaired) electrons. The Morgan fingerprint density at radius 2 is 2.46 bits per heavy atom. The molecule has 0 aliphatic heterocycles. The monoisotopic (exact) mass is 263 g/mol. The van der Waals surface area contributed by atoms with Crippen LogP contribution in [0.25, 0.3) is 0 Å². The lowest BCUT2D eigenvalue weighted by molar-refractivity contribution is 0.367. The molecule has 1 N–H and O–H groups in total. The first kappa shape index (κ1) is 10.9. The van der Waals surface area contributed by atoms with Crippen LogP contribution in [-0.2, 0) is 0 Å². The first-order valence-electron chi connectivity index (χ1n) is 4.26. The summed E-state index contributed by atoms with van der Waals surface area (Å²) >= 11 is 4.94. The second-order valence-electron chi connectivity index (χ2n) is 2.80. The molecule has 1 rings (SSSR count). The van der Waals surface area contributed by atoms with Gasteiger partial charge in [-0.2, -0.15) is 0 Å². The van der Waals surface area contributed by atoms with E-state index in [1.54, 1.807) is 11.3 Å². The number of rotatable bonds is 5. The van der Waals surface area contributed by atoms with Gasteiger partial charge < -0.3 is 10.2 Å². The third-order valence-electron chi connectivity index (χ3n) is 1.79. The molecular weight excluding hydrogens is 250 g/mol. The smallest absolute Gasteiger partial charge is 0.183 e. The van der Waals surface area contributed by atoms with Crippen molar-refractivity contribution in [2.45, 2.75) is 6.92 Å². The van der Waals surface area contributed by atoms with Crippen molar-refractivity contribution in [3.05, 3.63) is 9.98 Å². The molecule has 74 valence electrons. The average molecular weight is 264 g/mol. The van der Waals surface area contributed by atoms with Crippen molar-refractivity contribution in [2.24, 2.45) is 0 Å². The van der Waals surface area contributed by atoms with E-state index in [0.29, 0.717) is 0 Å². The number of nitrogens with zero attached hydrogens (tertiary/aromatic N) is 2. The van der Waals surface area contributed by atoms with Gasteiger partial charge in [-0.3, -0.25) is 0 Å². The van der Waals surface area contributed by atoms with Crippen molar-refractivity contribution in [1.29, 1.82) is 0 Å². The molecule has 0 spiro atoms. The number of likely N-dealkylation sites (N-methyl/N-ethyl adjacent to an activating group) is 1. The molecule has 3 nitrogen and oxygen atoms in total. The zero-order valence-corrected chi connectivity index (χ0v) is 10.3. The van der Waals surface area contributed by atoms with Crippen molar-refractivity contribution in [3.8, 4) is 0 Å². The molecule has 0 fully saturated rings. The van der Waals surface area contributed by atoms with Gasteiger partial charge in [-0.1, -0.05) is 6.92 Å². The zero-order chi connectivity index (χ0) is 9.68. The van der Waals surface area contributed by atoms with Crippen molar-refractivity contribution in [2.75, 3.05) is 32.0 Å². The second kappa shape index (κ2) is 5.57. The van der Waals surface area contributed by atoms with Crippen LogP contribution in [0.5, 0.6) is 0 Å². The van der Waals surface area contributed by atoms with Crippen LogP contribution in [-0.4, -0.2) is 36.6 Å². The first-order valence-corrected chi connectivity index (χ1v) is 5.93. The molecule has 0 unspecified atom stereocenters. The van der Waals surface area contributed by atoms with Crippen molar-refractivity contribution < 1.29 is 0 Å². The van der Waals surface area contributed by atoms with E-state index in [-0.39, 0.29) is 0 Å². The van der Waals surface area contributed by atoms with Gasteiger partial charge in [0.15, 0.2) is 5.13 Å². The maximum atomic E-state index is 4.24. The molecule has 0 saturated heterocycles. The quantitative estimate of drug-likeness (QED) is 0.884. The highest BCUT2D eigenvalue weighted by atomic mass is 79.9. The normalized spacial score (nSPS) is 10.8. The summed E-state index contributed by atoms with van der Waals surface area (Å²) in [6, 6.07) is 0. The Bertz CT molecular complexity index is 251. The first-order chi connectivity index (χ1) is 6.22. The number of aromatic nitrogens is 1. The van der Waals surface area contributed by atoms with Gasteiger partial charge in [-0.25, -0.2) is 4.98 Å². The fraction of sp³-hybridized carbons (Fsp3) is 0.625. The van der Waals surface area contributed by atoms with E-state index >= 15 is 0 Å². The predicted molar refractivity (Wildman–Crippen MR) is 61.5 cm³/mol. The molecular formula is C8H14BrN3S. The van der Waals surface area contributed by atoms with E-state index < -0.39 is 0 Å². The van der Waals surface area contributed by atoms with E-state index in [1.165, 1.54) is 0 Å². The van der Waals surface area contributed by atoms with Crippen molar-refractivity contribution in [1.82, 2.24) is 9.88 Å². The lowest BCUT2D eigenvalue weighted by Crippen LogP contribution is -2.24. The summed E-state index contributed by atoms with van der Waals surface area (Å²) in [4.78, 5) is 6.50. The van der Waals surface area contributed by atoms with Gasteiger partial charge in [-0.05, 0) is 29.5 Å². The maximum absolute atomic E-state index is 4.24. The lowest BCUT2D eigenvalue weighted by atomic mass is 10.5. The minimum Gasteiger partial charge on any atom is -0.360 e. The number of nitrogens with one attached hydrogen (secondary N) is 1. The third kappa shape index (κ3) is 4.06. The van der Waals surface area contributed by atoms with Gasteiger partial charge in [0.25, 0.3) is 0 Å². The fourth-order valence-corrected chi connectivity index (χ4v) is 2.02. The molecule has 0 amide bonds. The molecule has 0 saturated carbocycles. The SMILES string of the molecule is CCN(C)CCNc1nc(Br)cs1. The van der Waals surface area contributed by atoms with E-state index in [2.05, 4.69) is 45.1 Å². The number of hydrogen-bond donors (Lipinski definition) is 1. The summed E-state index contributed by atoms with van der Waals surface area (Å²) in [5.41, 5.74) is 0. The van der Waals surface area contributed by atoms with Crippen molar-refractivity contribution in [3.63, 3.8) is 0 Å². The summed E-state index contributed by atoms with van der Waals surface area (Å²) in [7, 11) is 2.11. The number of halogens is 1. The van der Waals surface area contributed by atoms with Crippen LogP contribution in [0.3, 0.4) is 0 Å². The van der Waals surface area contributed by atoms with E-state index in [4.69, 9.17) is 0 Å². The van der Waals surface area contributed by atoms with Crippen LogP contribution in [0.15, 0.2) is 9.98 Å². The molecule has 1 aromatic heterocycles. The Labute approximate surface area is 91.3 Å². The van der Waals surface area contributed by atoms with Gasteiger partial charge in [0.1, 0.15) is 4.60 Å². The molecule has 5 heteroatoms. The molecule has 0 atom stereocenters. The van der Waals surface area contributed by atoms with Crippen LogP contribution in [0, 0.1) is 0 Å². The minimum atomic E-state index is 0.906. The van der Waals surface area contributed by atoms with E-state index in [0.717, 1.165) is 29.4 Å². The Morgan fingerprint density at radius 1 is 1.69 bits per heavy atom. The molecule has 0 aliphatic carbocycles. The van der Waals surface area contributed by atoms with Gasteiger partial charge >= 0.3 is 0 Å². The third-order valence-corrected chi connectivity index (χ3v) is 3.30. The van der Waals surface area contributed by atoms with E-state index in [9.17, 15) is 0 Å². The highest BCUT2D eigenvalue weighted by Gasteiger charge is 1.98. The molecule has 0 aliphatic rings. The summed E-state index contributed by atoms with van der Waals surface area (Å²) in [6.07, 6.45) is 0. The maximum Gasteiger partial charge on any atom is 0.183 e. The largest absolute Gasteiger partial charge is 0.360 e. The van der Waals surface area contributed by atoms with Gasteiger partial charge in [0.05, 0.1) is 0 Å². The Kier molecular flexibility index (Phi) is 4.69. The minimum absolute atomic E-state index is 0.906. The van der Waals surface area contributed by atoms with Crippen LogP contribution in [0.2, 0.25) is 0 Å². The predicted octanol–water partition coefficient (Wildman–Crippen LogP) is 2.27. The summed E-state index contributed by atoms with van der Waals surface area (Å²) < 4.78 is 0.906. The topological polar surface area (TPSA) is 28.2 Å². The molecule has 1 aromatic rings. The van der Waals surface area contributed by atoms with Crippen LogP contribution < -0.4 is 5.32 Å². The van der Waals surface area contributed by atoms with Gasteiger partial charge in [0.2, 0.25) is 0 Å². The summed E-state index contributed by atoms with van der Waals surface area (Å²) in [5.74, 6) is 0. The average Bonchev–Trinajstić information content (AvgIpc) is 2.51. The molecule has 0 aromatic carbocycles. The van der Waals surface area contributed by atoms with Gasteiger partial charge in [-0.15, -0.1) is 11.3 Å². The Morgan fingerprint density at radius 3 is 3.00 bits per heavy atom. The van der Waals surface area contributed by atoms with Crippen LogP contribution in [0.4, 0.5) is 5.13 Å². The molecule has 1 heterocycles. The van der Waals surface area contributed by atoms with Gasteiger partial charge in [0, 0.05) is 18.5 Å². The second-order valence-corrected chi connectivity index (χ2v) is 4.47. The Hall–Kier alpha value is -0.130. The van der Waals surface area contributed by atoms with Crippen LogP contribution in [0.1, 0.15) is 6.92 Å². The Balaban J connectivity index is 2.20. The zero-order valence-electron chi connectivity index (χ0n) is 7.88. The van der Waals surface area contributed by atoms with Crippen LogP contribution >= 0.6 is 27.3 Å². The standard InChI is InChI=1S/C8H14BrN3S/c1-3-12(2)5-4-10-8-11-7(9)6-13-8/h6H,3-5H2,1-2H3,(H,10,11). The number of hydrogen-bond acceptors (Lipinski definition) is 4. The number of anilines is 1.